The number of ketones is 1. The van der Waals surface area contributed by atoms with Crippen LogP contribution >= 0.6 is 0 Å². The van der Waals surface area contributed by atoms with E-state index in [0.717, 1.165) is 10.8 Å². The van der Waals surface area contributed by atoms with Gasteiger partial charge in [-0.3, -0.25) is 4.79 Å². The van der Waals surface area contributed by atoms with Crippen LogP contribution in [-0.2, 0) is 9.53 Å². The fraction of sp³-hybridized carbons (Fsp3) is 0.400. The lowest BCUT2D eigenvalue weighted by Crippen LogP contribution is -2.40. The minimum absolute atomic E-state index is 0.00584. The van der Waals surface area contributed by atoms with Gasteiger partial charge in [-0.15, -0.1) is 0 Å². The highest BCUT2D eigenvalue weighted by atomic mass is 16.5. The van der Waals surface area contributed by atoms with Crippen molar-refractivity contribution in [2.45, 2.75) is 38.5 Å². The van der Waals surface area contributed by atoms with Crippen molar-refractivity contribution in [2.75, 3.05) is 13.2 Å². The summed E-state index contributed by atoms with van der Waals surface area (Å²) in [6.07, 6.45) is 3.61. The second kappa shape index (κ2) is 6.59. The van der Waals surface area contributed by atoms with Gasteiger partial charge in [-0.05, 0) is 39.1 Å². The molecule has 2 atom stereocenters. The van der Waals surface area contributed by atoms with Gasteiger partial charge in [-0.2, -0.15) is 0 Å². The van der Waals surface area contributed by atoms with Crippen LogP contribution in [0.4, 0.5) is 0 Å². The summed E-state index contributed by atoms with van der Waals surface area (Å²) >= 11 is 0. The molecule has 0 spiro atoms. The van der Waals surface area contributed by atoms with Gasteiger partial charge >= 0.3 is 0 Å². The Hall–Kier alpha value is -2.39. The number of fused-ring (bicyclic) bond motifs is 4. The van der Waals surface area contributed by atoms with Crippen molar-refractivity contribution in [1.82, 2.24) is 0 Å². The largest absolute Gasteiger partial charge is 0.512 e. The molecule has 3 nitrogen and oxygen atoms in total. The predicted octanol–water partition coefficient (Wildman–Crippen LogP) is 3.27. The molecule has 0 bridgehead atoms. The Balaban J connectivity index is 1.87. The van der Waals surface area contributed by atoms with E-state index in [9.17, 15) is 9.90 Å². The van der Waals surface area contributed by atoms with E-state index in [0.29, 0.717) is 37.7 Å². The Kier molecular flexibility index (Phi) is 4.17. The van der Waals surface area contributed by atoms with Gasteiger partial charge in [0.1, 0.15) is 5.78 Å². The van der Waals surface area contributed by atoms with Crippen molar-refractivity contribution < 1.29 is 14.6 Å². The normalized spacial score (nSPS) is 23.3. The number of hydrogen-bond donors (Lipinski definition) is 1. The first-order chi connectivity index (χ1) is 13.6. The van der Waals surface area contributed by atoms with Crippen molar-refractivity contribution in [3.05, 3.63) is 68.4 Å². The number of rotatable bonds is 3. The summed E-state index contributed by atoms with van der Waals surface area (Å²) in [7, 11) is 0. The van der Waals surface area contributed by atoms with Crippen molar-refractivity contribution in [2.24, 2.45) is 11.8 Å². The molecular formula is C25H26O3. The number of carbonyl (C=O) groups is 1. The molecule has 2 aromatic carbocycles. The average Bonchev–Trinajstić information content (AvgIpc) is 2.65. The van der Waals surface area contributed by atoms with Gasteiger partial charge in [0.2, 0.25) is 0 Å². The molecule has 1 N–H and O–H groups in total. The van der Waals surface area contributed by atoms with Crippen LogP contribution in [-0.4, -0.2) is 24.1 Å². The van der Waals surface area contributed by atoms with E-state index in [1.54, 1.807) is 0 Å². The molecule has 144 valence electrons. The van der Waals surface area contributed by atoms with Crippen LogP contribution < -0.4 is 10.4 Å². The van der Waals surface area contributed by atoms with Crippen molar-refractivity contribution >= 4 is 17.6 Å². The van der Waals surface area contributed by atoms with Crippen molar-refractivity contribution in [3.63, 3.8) is 0 Å². The average molecular weight is 374 g/mol. The highest BCUT2D eigenvalue weighted by Gasteiger charge is 2.37. The maximum absolute atomic E-state index is 13.3. The van der Waals surface area contributed by atoms with Crippen LogP contribution in [0.5, 0.6) is 0 Å². The molecule has 2 unspecified atom stereocenters. The lowest BCUT2D eigenvalue weighted by molar-refractivity contribution is -0.138. The van der Waals surface area contributed by atoms with Crippen LogP contribution in [0.3, 0.4) is 0 Å². The Morgan fingerprint density at radius 3 is 2.50 bits per heavy atom. The third-order valence-corrected chi connectivity index (χ3v) is 6.66. The topological polar surface area (TPSA) is 46.5 Å². The van der Waals surface area contributed by atoms with Gasteiger partial charge in [0, 0.05) is 23.5 Å². The van der Waals surface area contributed by atoms with E-state index in [1.165, 1.54) is 21.2 Å². The molecule has 0 aromatic heterocycles. The Bertz CT molecular complexity index is 1170. The second-order valence-electron chi connectivity index (χ2n) is 8.69. The fourth-order valence-corrected chi connectivity index (χ4v) is 5.08. The lowest BCUT2D eigenvalue weighted by atomic mass is 9.72. The van der Waals surface area contributed by atoms with E-state index in [-0.39, 0.29) is 23.5 Å². The van der Waals surface area contributed by atoms with Crippen LogP contribution in [0.25, 0.3) is 11.8 Å². The molecule has 0 radical (unpaired) electrons. The van der Waals surface area contributed by atoms with Gasteiger partial charge in [-0.25, -0.2) is 0 Å². The number of hydrogen-bond acceptors (Lipinski definition) is 3. The molecule has 5 rings (SSSR count). The summed E-state index contributed by atoms with van der Waals surface area (Å²) < 4.78 is 5.29. The first kappa shape index (κ1) is 17.7. The number of benzene rings is 2. The predicted molar refractivity (Wildman–Crippen MR) is 109 cm³/mol. The van der Waals surface area contributed by atoms with E-state index >= 15 is 0 Å². The minimum atomic E-state index is -0.144. The number of carbonyl (C=O) groups excluding carboxylic acids is 1. The summed E-state index contributed by atoms with van der Waals surface area (Å²) in [6.45, 7) is 5.55. The molecule has 0 saturated carbocycles. The quantitative estimate of drug-likeness (QED) is 0.897. The third kappa shape index (κ3) is 2.56. The molecule has 2 aromatic rings. The first-order valence-electron chi connectivity index (χ1n) is 10.3. The molecule has 0 amide bonds. The first-order valence-corrected chi connectivity index (χ1v) is 10.3. The summed E-state index contributed by atoms with van der Waals surface area (Å²) in [6, 6.07) is 12.7. The summed E-state index contributed by atoms with van der Waals surface area (Å²) in [4.78, 5) is 13.3. The number of Topliss-reactive ketones (excluding diaryl/α,β-unsaturated/α-hetero) is 1. The zero-order chi connectivity index (χ0) is 19.4. The summed E-state index contributed by atoms with van der Waals surface area (Å²) in [5.41, 5.74) is 2.32. The lowest BCUT2D eigenvalue weighted by Gasteiger charge is -2.34. The Morgan fingerprint density at radius 2 is 1.79 bits per heavy atom. The molecule has 1 heterocycles. The smallest absolute Gasteiger partial charge is 0.148 e. The zero-order valence-electron chi connectivity index (χ0n) is 16.4. The van der Waals surface area contributed by atoms with Gasteiger partial charge in [0.15, 0.2) is 0 Å². The molecule has 2 aliphatic carbocycles. The molecule has 3 aliphatic rings. The van der Waals surface area contributed by atoms with Crippen LogP contribution in [0.15, 0.2) is 36.4 Å². The molecule has 3 heteroatoms. The maximum Gasteiger partial charge on any atom is 0.148 e. The fourth-order valence-electron chi connectivity index (χ4n) is 5.08. The molecule has 1 fully saturated rings. The standard InChI is InChI=1S/C25H26O3/c1-14(2)21-11-15-5-3-4-6-17(15)18-7-8-19-22(26)10-9-20(24(19)23(18)21)25(27)16-12-28-13-16/h3-8,11,14,16,20-21,26H,9-10,12-13H2,1-2H3. The van der Waals surface area contributed by atoms with E-state index in [1.807, 2.05) is 6.07 Å². The van der Waals surface area contributed by atoms with Crippen molar-refractivity contribution in [3.8, 4) is 0 Å². The van der Waals surface area contributed by atoms with E-state index in [4.69, 9.17) is 4.74 Å². The maximum atomic E-state index is 13.3. The number of aliphatic hydroxyl groups is 1. The molecular weight excluding hydrogens is 348 g/mol. The summed E-state index contributed by atoms with van der Waals surface area (Å²) in [5.74, 6) is 1.22. The van der Waals surface area contributed by atoms with Crippen LogP contribution in [0.2, 0.25) is 0 Å². The van der Waals surface area contributed by atoms with Crippen LogP contribution in [0.1, 0.15) is 49.7 Å². The second-order valence-corrected chi connectivity index (χ2v) is 8.69. The SMILES string of the molecule is CC(C)C1C=c2ccccc2=c2ccc3c(c21)C(C(=O)C1COC1)CCC=3O. The third-order valence-electron chi connectivity index (χ3n) is 6.66. The van der Waals surface area contributed by atoms with Gasteiger partial charge < -0.3 is 9.84 Å². The number of aliphatic hydroxyl groups excluding tert-OH is 1. The number of ether oxygens (including phenoxy) is 1. The van der Waals surface area contributed by atoms with Crippen LogP contribution in [0, 0.1) is 22.3 Å². The highest BCUT2D eigenvalue weighted by Crippen LogP contribution is 2.39. The van der Waals surface area contributed by atoms with E-state index < -0.39 is 0 Å². The monoisotopic (exact) mass is 374 g/mol. The zero-order valence-corrected chi connectivity index (χ0v) is 16.4. The molecule has 1 aliphatic heterocycles. The Labute approximate surface area is 164 Å². The van der Waals surface area contributed by atoms with E-state index in [2.05, 4.69) is 50.3 Å². The van der Waals surface area contributed by atoms with Gasteiger partial charge in [0.05, 0.1) is 24.9 Å². The summed E-state index contributed by atoms with van der Waals surface area (Å²) in [5, 5.41) is 15.2. The highest BCUT2D eigenvalue weighted by molar-refractivity contribution is 5.90. The molecule has 28 heavy (non-hydrogen) atoms. The van der Waals surface area contributed by atoms with Gasteiger partial charge in [-0.1, -0.05) is 56.3 Å². The minimum Gasteiger partial charge on any atom is -0.512 e. The van der Waals surface area contributed by atoms with Crippen molar-refractivity contribution in [1.29, 1.82) is 0 Å². The molecule has 1 saturated heterocycles. The Morgan fingerprint density at radius 1 is 1.04 bits per heavy atom. The van der Waals surface area contributed by atoms with Gasteiger partial charge in [0.25, 0.3) is 0 Å².